The van der Waals surface area contributed by atoms with Gasteiger partial charge in [0.15, 0.2) is 11.3 Å². The van der Waals surface area contributed by atoms with Gasteiger partial charge in [-0.2, -0.15) is 30.9 Å². The van der Waals surface area contributed by atoms with Gasteiger partial charge in [-0.15, -0.1) is 0 Å². The Morgan fingerprint density at radius 1 is 0.952 bits per heavy atom. The molecule has 208 valence electrons. The number of amides is 2. The normalized spacial score (nSPS) is 18.5. The lowest BCUT2D eigenvalue weighted by Crippen LogP contribution is -2.32. The van der Waals surface area contributed by atoms with Crippen LogP contribution in [0.3, 0.4) is 0 Å². The van der Waals surface area contributed by atoms with E-state index in [2.05, 4.69) is 41.7 Å². The van der Waals surface area contributed by atoms with Crippen LogP contribution in [0.1, 0.15) is 49.3 Å². The zero-order chi connectivity index (χ0) is 29.8. The molecule has 3 aromatic rings. The van der Waals surface area contributed by atoms with Gasteiger partial charge in [-0.3, -0.25) is 20.4 Å². The second-order valence-corrected chi connectivity index (χ2v) is 9.74. The molecule has 3 heterocycles. The van der Waals surface area contributed by atoms with Gasteiger partial charge in [-0.1, -0.05) is 38.1 Å². The van der Waals surface area contributed by atoms with E-state index >= 15 is 0 Å². The molecule has 0 fully saturated rings. The Bertz CT molecular complexity index is 1810. The highest BCUT2D eigenvalue weighted by atomic mass is 16.2. The van der Waals surface area contributed by atoms with Crippen molar-refractivity contribution in [2.75, 3.05) is 5.43 Å². The van der Waals surface area contributed by atoms with E-state index < -0.39 is 5.49 Å². The molecule has 2 aliphatic rings. The fraction of sp³-hybridized carbons (Fsp3) is 0.214. The van der Waals surface area contributed by atoms with Crippen LogP contribution < -0.4 is 21.8 Å². The Balaban J connectivity index is 1.44. The molecule has 0 saturated heterocycles. The van der Waals surface area contributed by atoms with Crippen molar-refractivity contribution < 1.29 is 9.59 Å². The standard InChI is InChI=1S/C28H24N12O2/c1-15-11-23(41)35-37-25(15)17-3-7-19(8-4-17)33-34-22(14-30)28-32-27(31)21(13-29)39-40(28)20-9-5-18(6-10-20)26-16(2)12-24(42)36-38-26/h3-10,15-16,31,33H,11-12H2,1-2H3,(H,35,41)(H,36,42). The van der Waals surface area contributed by atoms with E-state index in [1.165, 1.54) is 4.68 Å². The van der Waals surface area contributed by atoms with E-state index in [0.717, 1.165) is 22.6 Å². The van der Waals surface area contributed by atoms with Gasteiger partial charge in [0.2, 0.25) is 23.2 Å². The summed E-state index contributed by atoms with van der Waals surface area (Å²) in [5.74, 6) is -0.415. The van der Waals surface area contributed by atoms with E-state index in [0.29, 0.717) is 24.2 Å². The fourth-order valence-corrected chi connectivity index (χ4v) is 4.55. The fourth-order valence-electron chi connectivity index (χ4n) is 4.55. The Hall–Kier alpha value is -6.02. The first-order valence-corrected chi connectivity index (χ1v) is 12.9. The van der Waals surface area contributed by atoms with Crippen molar-refractivity contribution in [1.29, 1.82) is 15.9 Å². The summed E-state index contributed by atoms with van der Waals surface area (Å²) >= 11 is 0. The second-order valence-electron chi connectivity index (χ2n) is 9.74. The highest BCUT2D eigenvalue weighted by Crippen LogP contribution is 2.20. The molecule has 1 aromatic heterocycles. The van der Waals surface area contributed by atoms with Crippen molar-refractivity contribution in [2.45, 2.75) is 26.7 Å². The lowest BCUT2D eigenvalue weighted by molar-refractivity contribution is -0.122. The van der Waals surface area contributed by atoms with E-state index in [1.54, 1.807) is 36.4 Å². The van der Waals surface area contributed by atoms with Gasteiger partial charge in [0, 0.05) is 24.7 Å². The number of hydrazone groups is 3. The summed E-state index contributed by atoms with van der Waals surface area (Å²) in [6.45, 7) is 3.84. The molecule has 0 spiro atoms. The van der Waals surface area contributed by atoms with Crippen LogP contribution in [0.5, 0.6) is 0 Å². The first-order valence-electron chi connectivity index (χ1n) is 12.9. The third-order valence-corrected chi connectivity index (χ3v) is 6.67. The maximum Gasteiger partial charge on any atom is 0.240 e. The number of nitriles is 2. The third-order valence-electron chi connectivity index (χ3n) is 6.67. The number of rotatable bonds is 6. The van der Waals surface area contributed by atoms with Crippen LogP contribution in [-0.2, 0) is 9.59 Å². The summed E-state index contributed by atoms with van der Waals surface area (Å²) in [7, 11) is 0. The molecule has 14 heteroatoms. The summed E-state index contributed by atoms with van der Waals surface area (Å²) in [6, 6.07) is 18.0. The van der Waals surface area contributed by atoms with Gasteiger partial charge in [0.05, 0.1) is 22.8 Å². The summed E-state index contributed by atoms with van der Waals surface area (Å²) in [5.41, 5.74) is 11.2. The van der Waals surface area contributed by atoms with Crippen LogP contribution in [0, 0.1) is 39.9 Å². The van der Waals surface area contributed by atoms with Crippen molar-refractivity contribution in [1.82, 2.24) is 25.6 Å². The number of benzene rings is 2. The van der Waals surface area contributed by atoms with Crippen LogP contribution in [0.25, 0.3) is 5.69 Å². The second kappa shape index (κ2) is 11.6. The first kappa shape index (κ1) is 27.5. The van der Waals surface area contributed by atoms with E-state index in [1.807, 2.05) is 38.1 Å². The molecule has 0 aliphatic carbocycles. The molecule has 2 amide bonds. The number of carbonyl (C=O) groups excluding carboxylic acids is 2. The van der Waals surface area contributed by atoms with Crippen molar-refractivity contribution in [3.05, 3.63) is 76.7 Å². The summed E-state index contributed by atoms with van der Waals surface area (Å²) in [5, 5.41) is 44.3. The molecule has 0 bridgehead atoms. The first-order chi connectivity index (χ1) is 20.3. The minimum atomic E-state index is -0.400. The van der Waals surface area contributed by atoms with Crippen LogP contribution in [0.15, 0.2) is 63.8 Å². The number of carbonyl (C=O) groups is 2. The summed E-state index contributed by atoms with van der Waals surface area (Å²) < 4.78 is 1.28. The maximum absolute atomic E-state index is 11.6. The SMILES string of the molecule is CC1CC(=O)NN=C1c1ccc(NN=C(C#N)c2nc(=N)c(C#N)nn2-c2ccc(C3=NNC(=O)CC3C)cc2)cc1. The zero-order valence-corrected chi connectivity index (χ0v) is 22.6. The number of aromatic nitrogens is 3. The quantitative estimate of drug-likeness (QED) is 0.258. The Morgan fingerprint density at radius 3 is 2.00 bits per heavy atom. The monoisotopic (exact) mass is 560 g/mol. The van der Waals surface area contributed by atoms with Gasteiger partial charge in [0.1, 0.15) is 12.1 Å². The van der Waals surface area contributed by atoms with Crippen LogP contribution in [0.2, 0.25) is 0 Å². The van der Waals surface area contributed by atoms with Crippen molar-refractivity contribution >= 4 is 34.6 Å². The minimum Gasteiger partial charge on any atom is -0.280 e. The minimum absolute atomic E-state index is 0.0285. The molecule has 2 atom stereocenters. The molecule has 4 N–H and O–H groups in total. The molecular weight excluding hydrogens is 536 g/mol. The highest BCUT2D eigenvalue weighted by Gasteiger charge is 2.23. The maximum atomic E-state index is 11.6. The average molecular weight is 561 g/mol. The van der Waals surface area contributed by atoms with E-state index in [9.17, 15) is 20.1 Å². The van der Waals surface area contributed by atoms with Gasteiger partial charge < -0.3 is 0 Å². The molecule has 42 heavy (non-hydrogen) atoms. The van der Waals surface area contributed by atoms with Crippen LogP contribution in [-0.4, -0.2) is 43.7 Å². The molecule has 5 rings (SSSR count). The smallest absolute Gasteiger partial charge is 0.240 e. The van der Waals surface area contributed by atoms with Gasteiger partial charge >= 0.3 is 0 Å². The Kier molecular flexibility index (Phi) is 7.61. The van der Waals surface area contributed by atoms with Crippen LogP contribution >= 0.6 is 0 Å². The number of hydrogen-bond donors (Lipinski definition) is 4. The molecule has 14 nitrogen and oxygen atoms in total. The van der Waals surface area contributed by atoms with Gasteiger partial charge in [-0.25, -0.2) is 20.5 Å². The molecule has 2 unspecified atom stereocenters. The Labute approximate surface area is 239 Å². The molecule has 2 aromatic carbocycles. The average Bonchev–Trinajstić information content (AvgIpc) is 2.98. The molecular formula is C28H24N12O2. The summed E-state index contributed by atoms with van der Waals surface area (Å²) in [6.07, 6.45) is 0.679. The predicted molar refractivity (Wildman–Crippen MR) is 151 cm³/mol. The largest absolute Gasteiger partial charge is 0.280 e. The van der Waals surface area contributed by atoms with Crippen molar-refractivity contribution in [2.24, 2.45) is 27.1 Å². The highest BCUT2D eigenvalue weighted by molar-refractivity contribution is 6.10. The van der Waals surface area contributed by atoms with E-state index in [4.69, 9.17) is 5.41 Å². The lowest BCUT2D eigenvalue weighted by atomic mass is 9.94. The molecule has 0 saturated carbocycles. The van der Waals surface area contributed by atoms with Gasteiger partial charge in [0.25, 0.3) is 0 Å². The lowest BCUT2D eigenvalue weighted by Gasteiger charge is -2.19. The zero-order valence-electron chi connectivity index (χ0n) is 22.6. The summed E-state index contributed by atoms with van der Waals surface area (Å²) in [4.78, 5) is 27.3. The molecule has 0 radical (unpaired) electrons. The van der Waals surface area contributed by atoms with E-state index in [-0.39, 0.29) is 40.9 Å². The van der Waals surface area contributed by atoms with Crippen molar-refractivity contribution in [3.8, 4) is 17.8 Å². The number of nitrogens with one attached hydrogen (secondary N) is 4. The van der Waals surface area contributed by atoms with Crippen molar-refractivity contribution in [3.63, 3.8) is 0 Å². The predicted octanol–water partition coefficient (Wildman–Crippen LogP) is 1.68. The number of hydrogen-bond acceptors (Lipinski definition) is 11. The molecule has 2 aliphatic heterocycles. The number of nitrogens with zero attached hydrogens (tertiary/aromatic N) is 8. The van der Waals surface area contributed by atoms with Crippen LogP contribution in [0.4, 0.5) is 5.69 Å². The van der Waals surface area contributed by atoms with Gasteiger partial charge in [-0.05, 0) is 35.4 Å². The third kappa shape index (κ3) is 5.64. The number of anilines is 1. The Morgan fingerprint density at radius 2 is 1.50 bits per heavy atom. The topological polar surface area (TPSA) is 209 Å².